The summed E-state index contributed by atoms with van der Waals surface area (Å²) in [4.78, 5) is 12.7. The van der Waals surface area contributed by atoms with Gasteiger partial charge in [0.25, 0.3) is 10.0 Å². The van der Waals surface area contributed by atoms with Crippen LogP contribution in [0.1, 0.15) is 5.56 Å². The molecule has 3 aromatic rings. The van der Waals surface area contributed by atoms with Gasteiger partial charge in [0.2, 0.25) is 5.91 Å². The summed E-state index contributed by atoms with van der Waals surface area (Å²) >= 11 is 5.90. The molecule has 0 aliphatic carbocycles. The number of sulfonamides is 1. The molecule has 1 N–H and O–H groups in total. The van der Waals surface area contributed by atoms with Crippen LogP contribution in [-0.4, -0.2) is 41.1 Å². The summed E-state index contributed by atoms with van der Waals surface area (Å²) in [6.45, 7) is 1.97. The van der Waals surface area contributed by atoms with E-state index in [2.05, 4.69) is 5.32 Å². The van der Waals surface area contributed by atoms with Crippen molar-refractivity contribution in [2.75, 3.05) is 31.1 Å². The lowest BCUT2D eigenvalue weighted by atomic mass is 10.2. The van der Waals surface area contributed by atoms with Gasteiger partial charge in [-0.3, -0.25) is 9.10 Å². The second kappa shape index (κ2) is 11.1. The predicted molar refractivity (Wildman–Crippen MR) is 129 cm³/mol. The molecule has 7 nitrogen and oxygen atoms in total. The predicted octanol–water partition coefficient (Wildman–Crippen LogP) is 4.05. The van der Waals surface area contributed by atoms with Gasteiger partial charge in [-0.1, -0.05) is 29.3 Å². The van der Waals surface area contributed by atoms with Crippen molar-refractivity contribution in [2.45, 2.75) is 11.8 Å². The standard InChI is InChI=1S/C24H25ClN2O5S/c1-18-3-7-20(8-4-18)27(33(29,30)23-13-5-19(25)6-14-23)17-24(28)26-15-16-32-22-11-9-21(31-2)10-12-22/h3-14H,15-17H2,1-2H3,(H,26,28). The highest BCUT2D eigenvalue weighted by molar-refractivity contribution is 7.92. The molecule has 0 aliphatic heterocycles. The number of methoxy groups -OCH3 is 1. The van der Waals surface area contributed by atoms with Gasteiger partial charge in [0.1, 0.15) is 24.7 Å². The number of hydrogen-bond donors (Lipinski definition) is 1. The van der Waals surface area contributed by atoms with Crippen molar-refractivity contribution in [3.63, 3.8) is 0 Å². The number of benzene rings is 3. The molecule has 0 fully saturated rings. The van der Waals surface area contributed by atoms with E-state index in [0.29, 0.717) is 22.2 Å². The molecule has 0 heterocycles. The Morgan fingerprint density at radius 2 is 1.55 bits per heavy atom. The second-order valence-corrected chi connectivity index (χ2v) is 9.47. The zero-order valence-electron chi connectivity index (χ0n) is 18.3. The van der Waals surface area contributed by atoms with Crippen molar-refractivity contribution in [2.24, 2.45) is 0 Å². The molecule has 0 saturated carbocycles. The molecule has 33 heavy (non-hydrogen) atoms. The van der Waals surface area contributed by atoms with Gasteiger partial charge >= 0.3 is 0 Å². The average molecular weight is 489 g/mol. The molecule has 0 aliphatic rings. The number of carbonyl (C=O) groups is 1. The quantitative estimate of drug-likeness (QED) is 0.435. The molecule has 0 unspecified atom stereocenters. The van der Waals surface area contributed by atoms with Crippen molar-refractivity contribution in [3.05, 3.63) is 83.4 Å². The Labute approximate surface area is 198 Å². The summed E-state index contributed by atoms with van der Waals surface area (Å²) in [5.41, 5.74) is 1.36. The number of rotatable bonds is 10. The molecule has 3 rings (SSSR count). The Balaban J connectivity index is 1.67. The van der Waals surface area contributed by atoms with Crippen LogP contribution in [0.15, 0.2) is 77.7 Å². The molecule has 3 aromatic carbocycles. The van der Waals surface area contributed by atoms with E-state index in [9.17, 15) is 13.2 Å². The number of nitrogens with zero attached hydrogens (tertiary/aromatic N) is 1. The fourth-order valence-corrected chi connectivity index (χ4v) is 4.52. The summed E-state index contributed by atoms with van der Waals surface area (Å²) in [5, 5.41) is 3.13. The first-order chi connectivity index (χ1) is 15.8. The van der Waals surface area contributed by atoms with Crippen LogP contribution >= 0.6 is 11.6 Å². The van der Waals surface area contributed by atoms with Gasteiger partial charge in [-0.25, -0.2) is 8.42 Å². The van der Waals surface area contributed by atoms with E-state index in [0.717, 1.165) is 9.87 Å². The fourth-order valence-electron chi connectivity index (χ4n) is 2.98. The number of carbonyl (C=O) groups excluding carboxylic acids is 1. The van der Waals surface area contributed by atoms with Crippen LogP contribution in [0.4, 0.5) is 5.69 Å². The Bertz CT molecular complexity index is 1160. The Kier molecular flexibility index (Phi) is 8.19. The third kappa shape index (κ3) is 6.63. The van der Waals surface area contributed by atoms with Crippen LogP contribution in [0.3, 0.4) is 0 Å². The van der Waals surface area contributed by atoms with Gasteiger partial charge < -0.3 is 14.8 Å². The fraction of sp³-hybridized carbons (Fsp3) is 0.208. The highest BCUT2D eigenvalue weighted by atomic mass is 35.5. The minimum Gasteiger partial charge on any atom is -0.497 e. The molecule has 0 aromatic heterocycles. The first kappa shape index (κ1) is 24.4. The molecule has 0 saturated heterocycles. The maximum Gasteiger partial charge on any atom is 0.264 e. The molecule has 0 bridgehead atoms. The molecule has 9 heteroatoms. The third-order valence-electron chi connectivity index (χ3n) is 4.76. The molecule has 0 radical (unpaired) electrons. The molecular weight excluding hydrogens is 464 g/mol. The van der Waals surface area contributed by atoms with Crippen LogP contribution in [-0.2, 0) is 14.8 Å². The minimum atomic E-state index is -3.99. The summed E-state index contributed by atoms with van der Waals surface area (Å²) in [7, 11) is -2.41. The van der Waals surface area contributed by atoms with Crippen molar-refractivity contribution in [1.82, 2.24) is 5.32 Å². The number of ether oxygens (including phenoxy) is 2. The molecular formula is C24H25ClN2O5S. The zero-order valence-corrected chi connectivity index (χ0v) is 19.9. The van der Waals surface area contributed by atoms with Crippen LogP contribution < -0.4 is 19.1 Å². The Morgan fingerprint density at radius 1 is 0.939 bits per heavy atom. The van der Waals surface area contributed by atoms with E-state index in [1.54, 1.807) is 55.6 Å². The maximum atomic E-state index is 13.3. The van der Waals surface area contributed by atoms with E-state index in [-0.39, 0.29) is 24.6 Å². The normalized spacial score (nSPS) is 11.0. The Hall–Kier alpha value is -3.23. The van der Waals surface area contributed by atoms with Crippen LogP contribution in [0.2, 0.25) is 5.02 Å². The van der Waals surface area contributed by atoms with Crippen molar-refractivity contribution in [1.29, 1.82) is 0 Å². The van der Waals surface area contributed by atoms with Crippen molar-refractivity contribution in [3.8, 4) is 11.5 Å². The monoisotopic (exact) mass is 488 g/mol. The highest BCUT2D eigenvalue weighted by Crippen LogP contribution is 2.25. The second-order valence-electron chi connectivity index (χ2n) is 7.18. The van der Waals surface area contributed by atoms with Crippen LogP contribution in [0, 0.1) is 6.92 Å². The largest absolute Gasteiger partial charge is 0.497 e. The first-order valence-corrected chi connectivity index (χ1v) is 12.0. The lowest BCUT2D eigenvalue weighted by Gasteiger charge is -2.24. The van der Waals surface area contributed by atoms with Crippen molar-refractivity contribution < 1.29 is 22.7 Å². The third-order valence-corrected chi connectivity index (χ3v) is 6.80. The van der Waals surface area contributed by atoms with Crippen LogP contribution in [0.5, 0.6) is 11.5 Å². The summed E-state index contributed by atoms with van der Waals surface area (Å²) in [5.74, 6) is 0.900. The van der Waals surface area contributed by atoms with Gasteiger partial charge in [0.05, 0.1) is 24.2 Å². The van der Waals surface area contributed by atoms with Gasteiger partial charge in [-0.2, -0.15) is 0 Å². The summed E-state index contributed by atoms with van der Waals surface area (Å²) in [6, 6.07) is 19.8. The molecule has 0 atom stereocenters. The smallest absolute Gasteiger partial charge is 0.264 e. The van der Waals surface area contributed by atoms with E-state index in [4.69, 9.17) is 21.1 Å². The van der Waals surface area contributed by atoms with Crippen molar-refractivity contribution >= 4 is 33.2 Å². The number of nitrogens with one attached hydrogen (secondary N) is 1. The number of anilines is 1. The van der Waals surface area contributed by atoms with E-state index >= 15 is 0 Å². The number of aryl methyl sites for hydroxylation is 1. The lowest BCUT2D eigenvalue weighted by Crippen LogP contribution is -2.41. The van der Waals surface area contributed by atoms with Gasteiger partial charge in [0, 0.05) is 5.02 Å². The van der Waals surface area contributed by atoms with Crippen LogP contribution in [0.25, 0.3) is 0 Å². The lowest BCUT2D eigenvalue weighted by molar-refractivity contribution is -0.119. The van der Waals surface area contributed by atoms with Gasteiger partial charge in [0.15, 0.2) is 0 Å². The molecule has 174 valence electrons. The number of halogens is 1. The molecule has 1 amide bonds. The average Bonchev–Trinajstić information content (AvgIpc) is 2.81. The van der Waals surface area contributed by atoms with Gasteiger partial charge in [-0.05, 0) is 67.6 Å². The van der Waals surface area contributed by atoms with Gasteiger partial charge in [-0.15, -0.1) is 0 Å². The van der Waals surface area contributed by atoms with E-state index in [1.807, 2.05) is 6.92 Å². The molecule has 0 spiro atoms. The zero-order chi connectivity index (χ0) is 23.8. The highest BCUT2D eigenvalue weighted by Gasteiger charge is 2.27. The first-order valence-electron chi connectivity index (χ1n) is 10.2. The minimum absolute atomic E-state index is 0.0446. The SMILES string of the molecule is COc1ccc(OCCNC(=O)CN(c2ccc(C)cc2)S(=O)(=O)c2ccc(Cl)cc2)cc1. The maximum absolute atomic E-state index is 13.3. The summed E-state index contributed by atoms with van der Waals surface area (Å²) in [6.07, 6.45) is 0. The number of hydrogen-bond acceptors (Lipinski definition) is 5. The Morgan fingerprint density at radius 3 is 2.15 bits per heavy atom. The van der Waals surface area contributed by atoms with E-state index in [1.165, 1.54) is 24.3 Å². The van der Waals surface area contributed by atoms with E-state index < -0.39 is 15.9 Å². The topological polar surface area (TPSA) is 84.9 Å². The number of amides is 1. The summed E-state index contributed by atoms with van der Waals surface area (Å²) < 4.78 is 38.4.